The molecule has 0 bridgehead atoms. The van der Waals surface area contributed by atoms with Gasteiger partial charge < -0.3 is 20.6 Å². The number of hydrogen-bond donors (Lipinski definition) is 2. The summed E-state index contributed by atoms with van der Waals surface area (Å²) in [5, 5.41) is 20.2. The molecule has 1 saturated carbocycles. The average molecular weight is 277 g/mol. The number of amidine groups is 1. The predicted molar refractivity (Wildman–Crippen MR) is 73.9 cm³/mol. The maximum Gasteiger partial charge on any atom is 0.173 e. The van der Waals surface area contributed by atoms with Crippen molar-refractivity contribution in [3.63, 3.8) is 0 Å². The summed E-state index contributed by atoms with van der Waals surface area (Å²) in [5.41, 5.74) is 6.36. The van der Waals surface area contributed by atoms with Gasteiger partial charge in [0.05, 0.1) is 30.5 Å². The van der Waals surface area contributed by atoms with Crippen LogP contribution in [-0.4, -0.2) is 46.5 Å². The second-order valence-electron chi connectivity index (χ2n) is 5.21. The molecule has 108 valence electrons. The molecule has 2 heterocycles. The highest BCUT2D eigenvalue weighted by atomic mass is 16.5. The molecule has 3 N–H and O–H groups in total. The maximum atomic E-state index is 8.92. The third-order valence-corrected chi connectivity index (χ3v) is 4.09. The van der Waals surface area contributed by atoms with Gasteiger partial charge in [-0.05, 0) is 18.9 Å². The van der Waals surface area contributed by atoms with Crippen LogP contribution in [0.15, 0.2) is 17.4 Å². The van der Waals surface area contributed by atoms with Crippen molar-refractivity contribution in [2.45, 2.75) is 37.8 Å². The quantitative estimate of drug-likeness (QED) is 0.358. The molecule has 0 amide bonds. The first-order valence-electron chi connectivity index (χ1n) is 6.99. The summed E-state index contributed by atoms with van der Waals surface area (Å²) >= 11 is 0. The summed E-state index contributed by atoms with van der Waals surface area (Å²) in [6.45, 7) is 1.43. The lowest BCUT2D eigenvalue weighted by atomic mass is 9.90. The van der Waals surface area contributed by atoms with Gasteiger partial charge in [-0.25, -0.2) is 0 Å². The van der Waals surface area contributed by atoms with E-state index < -0.39 is 0 Å². The molecule has 20 heavy (non-hydrogen) atoms. The lowest BCUT2D eigenvalue weighted by Crippen LogP contribution is -2.53. The van der Waals surface area contributed by atoms with E-state index in [0.29, 0.717) is 24.0 Å². The summed E-state index contributed by atoms with van der Waals surface area (Å²) in [5.74, 6) is 0.747. The first-order chi connectivity index (χ1) is 9.81. The van der Waals surface area contributed by atoms with Gasteiger partial charge in [-0.3, -0.25) is 0 Å². The third kappa shape index (κ3) is 2.29. The number of rotatable bonds is 2. The Bertz CT molecular complexity index is 505. The van der Waals surface area contributed by atoms with Crippen LogP contribution >= 0.6 is 0 Å². The molecule has 0 aromatic carbocycles. The molecule has 2 aliphatic rings. The number of oxime groups is 1. The standard InChI is InChI=1S/C13H19N5O2/c14-12(17-19)9-5-6-15-16-13(9)18-7-8-20-11-4-2-1-3-10(11)18/h5-6,10-11,19H,1-4,7-8H2,(H2,14,17). The number of nitrogens with two attached hydrogens (primary N) is 1. The molecule has 0 spiro atoms. The second kappa shape index (κ2) is 5.62. The highest BCUT2D eigenvalue weighted by Crippen LogP contribution is 2.32. The SMILES string of the molecule is N/C(=N/O)c1ccnnc1N1CCOC2CCCCC21. The van der Waals surface area contributed by atoms with Crippen LogP contribution in [-0.2, 0) is 4.74 Å². The lowest BCUT2D eigenvalue weighted by molar-refractivity contribution is -0.00906. The zero-order valence-electron chi connectivity index (χ0n) is 11.3. The van der Waals surface area contributed by atoms with Gasteiger partial charge in [0.15, 0.2) is 11.7 Å². The number of hydrogen-bond acceptors (Lipinski definition) is 6. The summed E-state index contributed by atoms with van der Waals surface area (Å²) in [4.78, 5) is 2.20. The molecule has 2 fully saturated rings. The summed E-state index contributed by atoms with van der Waals surface area (Å²) in [6.07, 6.45) is 6.37. The Balaban J connectivity index is 1.95. The molecule has 2 atom stereocenters. The van der Waals surface area contributed by atoms with Gasteiger partial charge in [0, 0.05) is 6.54 Å². The van der Waals surface area contributed by atoms with Crippen molar-refractivity contribution in [1.82, 2.24) is 10.2 Å². The molecule has 7 heteroatoms. The largest absolute Gasteiger partial charge is 0.409 e. The number of ether oxygens (including phenoxy) is 1. The zero-order valence-corrected chi connectivity index (χ0v) is 11.3. The minimum atomic E-state index is 0.0637. The Morgan fingerprint density at radius 1 is 1.45 bits per heavy atom. The topological polar surface area (TPSA) is 96.9 Å². The molecule has 0 radical (unpaired) electrons. The molecule has 3 rings (SSSR count). The Hall–Kier alpha value is -1.89. The van der Waals surface area contributed by atoms with E-state index in [1.807, 2.05) is 0 Å². The number of nitrogens with zero attached hydrogens (tertiary/aromatic N) is 4. The van der Waals surface area contributed by atoms with E-state index in [2.05, 4.69) is 20.3 Å². The lowest BCUT2D eigenvalue weighted by Gasteiger charge is -2.44. The Kier molecular flexibility index (Phi) is 3.68. The molecule has 2 unspecified atom stereocenters. The van der Waals surface area contributed by atoms with Gasteiger partial charge in [0.2, 0.25) is 0 Å². The first kappa shape index (κ1) is 13.1. The van der Waals surface area contributed by atoms with Crippen LogP contribution in [0, 0.1) is 0 Å². The highest BCUT2D eigenvalue weighted by molar-refractivity contribution is 6.01. The maximum absolute atomic E-state index is 8.92. The predicted octanol–water partition coefficient (Wildman–Crippen LogP) is 0.719. The van der Waals surface area contributed by atoms with Gasteiger partial charge >= 0.3 is 0 Å². The van der Waals surface area contributed by atoms with Crippen LogP contribution in [0.1, 0.15) is 31.2 Å². The molecular weight excluding hydrogens is 258 g/mol. The minimum Gasteiger partial charge on any atom is -0.409 e. The average Bonchev–Trinajstić information content (AvgIpc) is 2.53. The fraction of sp³-hybridized carbons (Fsp3) is 0.615. The molecule has 1 saturated heterocycles. The van der Waals surface area contributed by atoms with Crippen molar-refractivity contribution in [2.24, 2.45) is 10.9 Å². The van der Waals surface area contributed by atoms with Crippen molar-refractivity contribution >= 4 is 11.7 Å². The molecule has 1 aliphatic heterocycles. The number of aromatic nitrogens is 2. The van der Waals surface area contributed by atoms with Crippen molar-refractivity contribution in [1.29, 1.82) is 0 Å². The summed E-state index contributed by atoms with van der Waals surface area (Å²) in [7, 11) is 0. The van der Waals surface area contributed by atoms with Crippen LogP contribution in [0.3, 0.4) is 0 Å². The van der Waals surface area contributed by atoms with Crippen LogP contribution < -0.4 is 10.6 Å². The minimum absolute atomic E-state index is 0.0637. The van der Waals surface area contributed by atoms with E-state index >= 15 is 0 Å². The van der Waals surface area contributed by atoms with Crippen molar-refractivity contribution in [3.8, 4) is 0 Å². The van der Waals surface area contributed by atoms with Crippen molar-refractivity contribution in [2.75, 3.05) is 18.1 Å². The van der Waals surface area contributed by atoms with Crippen LogP contribution in [0.2, 0.25) is 0 Å². The smallest absolute Gasteiger partial charge is 0.173 e. The normalized spacial score (nSPS) is 27.2. The monoisotopic (exact) mass is 277 g/mol. The first-order valence-corrected chi connectivity index (χ1v) is 6.99. The van der Waals surface area contributed by atoms with E-state index in [1.54, 1.807) is 12.3 Å². The van der Waals surface area contributed by atoms with E-state index in [-0.39, 0.29) is 11.9 Å². The Labute approximate surface area is 117 Å². The fourth-order valence-electron chi connectivity index (χ4n) is 3.15. The van der Waals surface area contributed by atoms with E-state index in [9.17, 15) is 0 Å². The zero-order chi connectivity index (χ0) is 13.9. The van der Waals surface area contributed by atoms with Gasteiger partial charge in [0.25, 0.3) is 0 Å². The third-order valence-electron chi connectivity index (χ3n) is 4.09. The van der Waals surface area contributed by atoms with Gasteiger partial charge in [-0.1, -0.05) is 18.0 Å². The summed E-state index contributed by atoms with van der Waals surface area (Å²) < 4.78 is 5.86. The molecular formula is C13H19N5O2. The van der Waals surface area contributed by atoms with Crippen LogP contribution in [0.5, 0.6) is 0 Å². The summed E-state index contributed by atoms with van der Waals surface area (Å²) in [6, 6.07) is 2.03. The molecule has 7 nitrogen and oxygen atoms in total. The van der Waals surface area contributed by atoms with Gasteiger partial charge in [-0.15, -0.1) is 5.10 Å². The van der Waals surface area contributed by atoms with E-state index in [4.69, 9.17) is 15.7 Å². The van der Waals surface area contributed by atoms with E-state index in [0.717, 1.165) is 19.4 Å². The number of morpholine rings is 1. The van der Waals surface area contributed by atoms with E-state index in [1.165, 1.54) is 12.8 Å². The van der Waals surface area contributed by atoms with Crippen LogP contribution in [0.25, 0.3) is 0 Å². The molecule has 1 aromatic rings. The number of fused-ring (bicyclic) bond motifs is 1. The number of anilines is 1. The fourth-order valence-corrected chi connectivity index (χ4v) is 3.15. The highest BCUT2D eigenvalue weighted by Gasteiger charge is 2.36. The van der Waals surface area contributed by atoms with Crippen molar-refractivity contribution in [3.05, 3.63) is 17.8 Å². The molecule has 1 aromatic heterocycles. The Morgan fingerprint density at radius 3 is 3.15 bits per heavy atom. The van der Waals surface area contributed by atoms with Gasteiger partial charge in [-0.2, -0.15) is 5.10 Å². The second-order valence-corrected chi connectivity index (χ2v) is 5.21. The van der Waals surface area contributed by atoms with Crippen LogP contribution in [0.4, 0.5) is 5.82 Å². The molecule has 1 aliphatic carbocycles. The van der Waals surface area contributed by atoms with Crippen molar-refractivity contribution < 1.29 is 9.94 Å². The van der Waals surface area contributed by atoms with Gasteiger partial charge in [0.1, 0.15) is 0 Å². The Morgan fingerprint density at radius 2 is 2.30 bits per heavy atom.